The van der Waals surface area contributed by atoms with Crippen molar-refractivity contribution < 1.29 is 30.4 Å². The van der Waals surface area contributed by atoms with Gasteiger partial charge in [0.25, 0.3) is 0 Å². The van der Waals surface area contributed by atoms with Crippen molar-refractivity contribution in [3.63, 3.8) is 0 Å². The zero-order chi connectivity index (χ0) is 8.69. The molecular weight excluding hydrogens is 228 g/mol. The van der Waals surface area contributed by atoms with E-state index in [4.69, 9.17) is 13.3 Å². The van der Waals surface area contributed by atoms with Gasteiger partial charge in [-0.25, -0.2) is 4.21 Å². The van der Waals surface area contributed by atoms with Crippen molar-refractivity contribution in [3.05, 3.63) is 35.9 Å². The van der Waals surface area contributed by atoms with E-state index in [1.54, 1.807) is 0 Å². The number of hydrogen-bond donors (Lipinski definition) is 1. The normalized spacial score (nSPS) is 10.2. The topological polar surface area (TPSA) is 60.4 Å². The predicted octanol–water partition coefficient (Wildman–Crippen LogP) is 1.33. The molecule has 0 aliphatic rings. The first-order valence-electron chi connectivity index (χ1n) is 2.93. The second-order valence-electron chi connectivity index (χ2n) is 1.87. The minimum atomic E-state index is -2.86. The molecule has 0 fully saturated rings. The van der Waals surface area contributed by atoms with Gasteiger partial charge in [0, 0.05) is 17.1 Å². The van der Waals surface area contributed by atoms with Crippen molar-refractivity contribution >= 4 is 11.4 Å². The molecule has 1 N–H and O–H groups in total. The van der Waals surface area contributed by atoms with Crippen LogP contribution in [0.2, 0.25) is 0 Å². The number of hydrogen-bond acceptors (Lipinski definition) is 2. The van der Waals surface area contributed by atoms with Crippen LogP contribution in [0.4, 0.5) is 0 Å². The van der Waals surface area contributed by atoms with Gasteiger partial charge in [-0.05, 0) is 6.92 Å². The summed E-state index contributed by atoms with van der Waals surface area (Å²) >= 11 is -2.86. The van der Waals surface area contributed by atoms with Crippen molar-refractivity contribution in [3.8, 4) is 0 Å². The van der Waals surface area contributed by atoms with Gasteiger partial charge in [-0.2, -0.15) is 0 Å². The largest absolute Gasteiger partial charge is 0.750 e. The monoisotopic (exact) mass is 236 g/mol. The summed E-state index contributed by atoms with van der Waals surface area (Å²) in [5.41, 5.74) is 1.32. The van der Waals surface area contributed by atoms with Gasteiger partial charge < -0.3 is 9.11 Å². The van der Waals surface area contributed by atoms with Crippen molar-refractivity contribution in [2.45, 2.75) is 6.92 Å². The van der Waals surface area contributed by atoms with E-state index in [9.17, 15) is 0 Å². The molecule has 0 heterocycles. The van der Waals surface area contributed by atoms with Crippen LogP contribution in [-0.4, -0.2) is 13.3 Å². The van der Waals surface area contributed by atoms with Crippen LogP contribution in [0.3, 0.4) is 0 Å². The van der Waals surface area contributed by atoms with E-state index >= 15 is 0 Å². The van der Waals surface area contributed by atoms with Gasteiger partial charge in [0.05, 0.1) is 11.4 Å². The zero-order valence-corrected chi connectivity index (χ0v) is 8.12. The molecule has 1 atom stereocenters. The minimum absolute atomic E-state index is 0. The molecule has 1 aromatic carbocycles. The van der Waals surface area contributed by atoms with Crippen LogP contribution in [0.25, 0.3) is 0 Å². The van der Waals surface area contributed by atoms with Crippen LogP contribution in [0.5, 0.6) is 0 Å². The molecule has 0 spiro atoms. The van der Waals surface area contributed by atoms with Crippen LogP contribution in [0.15, 0.2) is 30.3 Å². The van der Waals surface area contributed by atoms with Crippen molar-refractivity contribution in [1.29, 1.82) is 0 Å². The van der Waals surface area contributed by atoms with Gasteiger partial charge in [-0.1, -0.05) is 35.9 Å². The summed E-state index contributed by atoms with van der Waals surface area (Å²) in [5.74, 6) is 0. The average Bonchev–Trinajstić information content (AvgIpc) is 1.87. The van der Waals surface area contributed by atoms with Crippen LogP contribution < -0.4 is 0 Å². The first kappa shape index (κ1) is 14.3. The van der Waals surface area contributed by atoms with Gasteiger partial charge in [-0.3, -0.25) is 0 Å². The third-order valence-electron chi connectivity index (χ3n) is 0.940. The van der Waals surface area contributed by atoms with Crippen LogP contribution >= 0.6 is 0 Å². The van der Waals surface area contributed by atoms with Gasteiger partial charge >= 0.3 is 0 Å². The van der Waals surface area contributed by atoms with Crippen molar-refractivity contribution in [2.24, 2.45) is 0 Å². The minimum Gasteiger partial charge on any atom is -0.750 e. The average molecular weight is 237 g/mol. The molecular formula is C7H9CuO3S-. The summed E-state index contributed by atoms with van der Waals surface area (Å²) < 4.78 is 24.1. The first-order valence-corrected chi connectivity index (χ1v) is 3.96. The second kappa shape index (κ2) is 8.90. The number of rotatable bonds is 0. The fourth-order valence-electron chi connectivity index (χ4n) is 0.534. The maximum atomic E-state index is 8.56. The Morgan fingerprint density at radius 2 is 1.67 bits per heavy atom. The summed E-state index contributed by atoms with van der Waals surface area (Å²) in [4.78, 5) is 0. The number of aryl methyl sites for hydroxylation is 1. The molecule has 12 heavy (non-hydrogen) atoms. The Hall–Kier alpha value is -0.191. The predicted molar refractivity (Wildman–Crippen MR) is 42.7 cm³/mol. The SMILES string of the molecule is Cc1ccccc1.O=S([O-])O.[Cu]. The van der Waals surface area contributed by atoms with E-state index in [-0.39, 0.29) is 17.1 Å². The first-order chi connectivity index (χ1) is 5.13. The summed E-state index contributed by atoms with van der Waals surface area (Å²) in [6.45, 7) is 2.08. The molecule has 3 nitrogen and oxygen atoms in total. The smallest absolute Gasteiger partial charge is 0.0814 e. The molecule has 1 unspecified atom stereocenters. The molecule has 0 saturated heterocycles. The Labute approximate surface area is 84.8 Å². The summed E-state index contributed by atoms with van der Waals surface area (Å²) in [5, 5.41) is 0. The Morgan fingerprint density at radius 3 is 1.83 bits per heavy atom. The standard InChI is InChI=1S/C7H8.Cu.H2O3S/c1-7-5-3-2-4-6-7;;1-4(2)3/h2-6H,1H3;;(H2,1,2,3)/p-1. The maximum Gasteiger partial charge on any atom is 0.0814 e. The van der Waals surface area contributed by atoms with Gasteiger partial charge in [-0.15, -0.1) is 0 Å². The van der Waals surface area contributed by atoms with E-state index in [1.165, 1.54) is 5.56 Å². The number of benzene rings is 1. The molecule has 1 aromatic rings. The maximum absolute atomic E-state index is 8.56. The Balaban J connectivity index is 0. The summed E-state index contributed by atoms with van der Waals surface area (Å²) in [7, 11) is 0. The Bertz CT molecular complexity index is 211. The van der Waals surface area contributed by atoms with Crippen molar-refractivity contribution in [2.75, 3.05) is 0 Å². The third kappa shape index (κ3) is 12.5. The molecule has 0 saturated carbocycles. The zero-order valence-electron chi connectivity index (χ0n) is 6.36. The molecule has 0 aliphatic heterocycles. The fourth-order valence-corrected chi connectivity index (χ4v) is 0.534. The van der Waals surface area contributed by atoms with E-state index in [2.05, 4.69) is 19.1 Å². The van der Waals surface area contributed by atoms with E-state index in [0.29, 0.717) is 0 Å². The van der Waals surface area contributed by atoms with Crippen molar-refractivity contribution in [1.82, 2.24) is 0 Å². The van der Waals surface area contributed by atoms with E-state index in [1.807, 2.05) is 18.2 Å². The second-order valence-corrected chi connectivity index (χ2v) is 2.31. The van der Waals surface area contributed by atoms with E-state index < -0.39 is 11.4 Å². The van der Waals surface area contributed by atoms with Crippen LogP contribution in [0.1, 0.15) is 5.56 Å². The van der Waals surface area contributed by atoms with Crippen LogP contribution in [0, 0.1) is 6.92 Å². The van der Waals surface area contributed by atoms with Gasteiger partial charge in [0.1, 0.15) is 0 Å². The van der Waals surface area contributed by atoms with Gasteiger partial charge in [0.15, 0.2) is 0 Å². The summed E-state index contributed by atoms with van der Waals surface area (Å²) in [6.07, 6.45) is 0. The molecule has 5 heteroatoms. The third-order valence-corrected chi connectivity index (χ3v) is 0.940. The Kier molecular flexibility index (Phi) is 10.6. The molecule has 0 aromatic heterocycles. The van der Waals surface area contributed by atoms with Gasteiger partial charge in [0.2, 0.25) is 0 Å². The summed E-state index contributed by atoms with van der Waals surface area (Å²) in [6, 6.07) is 10.3. The molecule has 0 bridgehead atoms. The Morgan fingerprint density at radius 1 is 1.33 bits per heavy atom. The molecule has 73 valence electrons. The quantitative estimate of drug-likeness (QED) is 0.546. The molecule has 0 aliphatic carbocycles. The molecule has 0 amide bonds. The molecule has 1 radical (unpaired) electrons. The fraction of sp³-hybridized carbons (Fsp3) is 0.143. The van der Waals surface area contributed by atoms with Crippen LogP contribution in [-0.2, 0) is 28.4 Å². The molecule has 1 rings (SSSR count). The van der Waals surface area contributed by atoms with E-state index in [0.717, 1.165) is 0 Å².